The van der Waals surface area contributed by atoms with Gasteiger partial charge in [0.2, 0.25) is 0 Å². The molecule has 0 unspecified atom stereocenters. The molecular formula is C11H12N2O2. The molecule has 1 amide bonds. The molecule has 0 aliphatic heterocycles. The van der Waals surface area contributed by atoms with Gasteiger partial charge in [0.15, 0.2) is 0 Å². The molecule has 0 atom stereocenters. The summed E-state index contributed by atoms with van der Waals surface area (Å²) in [7, 11) is 1.93. The number of fused-ring (bicyclic) bond motifs is 1. The summed E-state index contributed by atoms with van der Waals surface area (Å²) in [4.78, 5) is 11.2. The molecule has 4 nitrogen and oxygen atoms in total. The van der Waals surface area contributed by atoms with Crippen LogP contribution in [-0.4, -0.2) is 15.7 Å². The average molecular weight is 204 g/mol. The van der Waals surface area contributed by atoms with E-state index in [0.717, 1.165) is 10.9 Å². The summed E-state index contributed by atoms with van der Waals surface area (Å²) >= 11 is 0. The van der Waals surface area contributed by atoms with Gasteiger partial charge in [0, 0.05) is 29.7 Å². The lowest BCUT2D eigenvalue weighted by molar-refractivity contribution is 0.0706. The van der Waals surface area contributed by atoms with E-state index in [1.165, 1.54) is 5.56 Å². The minimum absolute atomic E-state index is 0.450. The van der Waals surface area contributed by atoms with Gasteiger partial charge < -0.3 is 4.57 Å². The summed E-state index contributed by atoms with van der Waals surface area (Å²) in [5, 5.41) is 9.65. The first kappa shape index (κ1) is 9.73. The quantitative estimate of drug-likeness (QED) is 0.547. The van der Waals surface area contributed by atoms with Gasteiger partial charge >= 0.3 is 0 Å². The molecule has 0 saturated heterocycles. The molecule has 4 heteroatoms. The maximum absolute atomic E-state index is 11.2. The van der Waals surface area contributed by atoms with E-state index < -0.39 is 5.91 Å². The Bertz CT molecular complexity index is 529. The minimum Gasteiger partial charge on any atom is -0.350 e. The van der Waals surface area contributed by atoms with E-state index in [1.54, 1.807) is 17.6 Å². The number of benzene rings is 1. The van der Waals surface area contributed by atoms with E-state index in [9.17, 15) is 4.79 Å². The van der Waals surface area contributed by atoms with Crippen LogP contribution in [0.5, 0.6) is 0 Å². The molecule has 15 heavy (non-hydrogen) atoms. The Morgan fingerprint density at radius 3 is 2.87 bits per heavy atom. The second-order valence-corrected chi connectivity index (χ2v) is 3.60. The van der Waals surface area contributed by atoms with Crippen molar-refractivity contribution in [2.75, 3.05) is 0 Å². The number of hydrogen-bond acceptors (Lipinski definition) is 2. The van der Waals surface area contributed by atoms with Crippen LogP contribution in [0.1, 0.15) is 15.9 Å². The molecule has 0 aliphatic carbocycles. The van der Waals surface area contributed by atoms with E-state index in [1.807, 2.05) is 30.8 Å². The number of aryl methyl sites for hydroxylation is 2. The van der Waals surface area contributed by atoms with E-state index in [4.69, 9.17) is 5.21 Å². The van der Waals surface area contributed by atoms with Crippen molar-refractivity contribution in [1.29, 1.82) is 0 Å². The molecule has 2 aromatic rings. The van der Waals surface area contributed by atoms with Crippen LogP contribution >= 0.6 is 0 Å². The summed E-state index contributed by atoms with van der Waals surface area (Å²) < 4.78 is 1.96. The summed E-state index contributed by atoms with van der Waals surface area (Å²) in [6, 6.07) is 5.34. The standard InChI is InChI=1S/C11H12N2O2/c1-7-6-13(2)10-5-8(11(14)12-15)3-4-9(7)10/h3-6,15H,1-2H3,(H,12,14). The lowest BCUT2D eigenvalue weighted by Crippen LogP contribution is -2.18. The monoisotopic (exact) mass is 204 g/mol. The first-order chi connectivity index (χ1) is 7.13. The molecule has 1 aromatic carbocycles. The van der Waals surface area contributed by atoms with Crippen molar-refractivity contribution in [3.05, 3.63) is 35.5 Å². The van der Waals surface area contributed by atoms with E-state index in [-0.39, 0.29) is 0 Å². The van der Waals surface area contributed by atoms with Crippen LogP contribution in [0.15, 0.2) is 24.4 Å². The molecule has 0 fully saturated rings. The van der Waals surface area contributed by atoms with Gasteiger partial charge in [-0.1, -0.05) is 6.07 Å². The van der Waals surface area contributed by atoms with E-state index in [2.05, 4.69) is 0 Å². The fraction of sp³-hybridized carbons (Fsp3) is 0.182. The molecule has 0 aliphatic rings. The molecule has 0 radical (unpaired) electrons. The van der Waals surface area contributed by atoms with Gasteiger partial charge in [-0.3, -0.25) is 10.0 Å². The predicted octanol–water partition coefficient (Wildman–Crippen LogP) is 1.61. The predicted molar refractivity (Wildman–Crippen MR) is 56.9 cm³/mol. The van der Waals surface area contributed by atoms with Crippen molar-refractivity contribution in [3.8, 4) is 0 Å². The SMILES string of the molecule is Cc1cn(C)c2cc(C(=O)NO)ccc12. The normalized spacial score (nSPS) is 10.6. The topological polar surface area (TPSA) is 54.3 Å². The smallest absolute Gasteiger partial charge is 0.274 e. The number of carbonyl (C=O) groups is 1. The largest absolute Gasteiger partial charge is 0.350 e. The first-order valence-corrected chi connectivity index (χ1v) is 4.63. The van der Waals surface area contributed by atoms with E-state index >= 15 is 0 Å². The van der Waals surface area contributed by atoms with Crippen LogP contribution in [0.3, 0.4) is 0 Å². The van der Waals surface area contributed by atoms with Gasteiger partial charge in [-0.2, -0.15) is 0 Å². The summed E-state index contributed by atoms with van der Waals surface area (Å²) in [5.41, 5.74) is 4.22. The van der Waals surface area contributed by atoms with Gasteiger partial charge in [0.1, 0.15) is 0 Å². The zero-order chi connectivity index (χ0) is 11.0. The summed E-state index contributed by atoms with van der Waals surface area (Å²) in [5.74, 6) is -0.490. The van der Waals surface area contributed by atoms with Crippen LogP contribution in [0.2, 0.25) is 0 Å². The van der Waals surface area contributed by atoms with Crippen molar-refractivity contribution in [1.82, 2.24) is 10.0 Å². The third-order valence-corrected chi connectivity index (χ3v) is 2.55. The molecular weight excluding hydrogens is 192 g/mol. The highest BCUT2D eigenvalue weighted by molar-refractivity contribution is 5.98. The molecule has 0 spiro atoms. The van der Waals surface area contributed by atoms with Crippen molar-refractivity contribution in [2.45, 2.75) is 6.92 Å². The molecule has 1 aromatic heterocycles. The maximum atomic E-state index is 11.2. The van der Waals surface area contributed by atoms with Gasteiger partial charge in [-0.15, -0.1) is 0 Å². The van der Waals surface area contributed by atoms with E-state index in [0.29, 0.717) is 5.56 Å². The number of carbonyl (C=O) groups excluding carboxylic acids is 1. The minimum atomic E-state index is -0.490. The Hall–Kier alpha value is -1.81. The van der Waals surface area contributed by atoms with Crippen LogP contribution in [0, 0.1) is 6.92 Å². The highest BCUT2D eigenvalue weighted by atomic mass is 16.5. The Morgan fingerprint density at radius 1 is 1.47 bits per heavy atom. The zero-order valence-corrected chi connectivity index (χ0v) is 8.61. The highest BCUT2D eigenvalue weighted by Gasteiger charge is 2.08. The summed E-state index contributed by atoms with van der Waals surface area (Å²) in [6.07, 6.45) is 2.01. The molecule has 2 rings (SSSR count). The molecule has 0 bridgehead atoms. The Kier molecular flexibility index (Phi) is 2.21. The van der Waals surface area contributed by atoms with Gasteiger partial charge in [0.25, 0.3) is 5.91 Å². The lowest BCUT2D eigenvalue weighted by atomic mass is 10.1. The van der Waals surface area contributed by atoms with Gasteiger partial charge in [-0.05, 0) is 24.6 Å². The van der Waals surface area contributed by atoms with Crippen molar-refractivity contribution < 1.29 is 10.0 Å². The van der Waals surface area contributed by atoms with Crippen LogP contribution < -0.4 is 5.48 Å². The zero-order valence-electron chi connectivity index (χ0n) is 8.61. The van der Waals surface area contributed by atoms with Gasteiger partial charge in [-0.25, -0.2) is 5.48 Å². The molecule has 1 heterocycles. The number of amides is 1. The molecule has 2 N–H and O–H groups in total. The molecule has 78 valence electrons. The van der Waals surface area contributed by atoms with Crippen LogP contribution in [0.4, 0.5) is 0 Å². The third-order valence-electron chi connectivity index (χ3n) is 2.55. The number of nitrogens with zero attached hydrogens (tertiary/aromatic N) is 1. The average Bonchev–Trinajstić information content (AvgIpc) is 2.53. The molecule has 0 saturated carbocycles. The van der Waals surface area contributed by atoms with Crippen molar-refractivity contribution in [2.24, 2.45) is 7.05 Å². The Labute approximate surface area is 87.1 Å². The van der Waals surface area contributed by atoms with Gasteiger partial charge in [0.05, 0.1) is 0 Å². The first-order valence-electron chi connectivity index (χ1n) is 4.63. The van der Waals surface area contributed by atoms with Crippen LogP contribution in [0.25, 0.3) is 10.9 Å². The number of hydroxylamine groups is 1. The highest BCUT2D eigenvalue weighted by Crippen LogP contribution is 2.20. The fourth-order valence-electron chi connectivity index (χ4n) is 1.79. The second-order valence-electron chi connectivity index (χ2n) is 3.60. The third kappa shape index (κ3) is 1.49. The number of rotatable bonds is 1. The summed E-state index contributed by atoms with van der Waals surface area (Å²) in [6.45, 7) is 2.02. The number of aromatic nitrogens is 1. The lowest BCUT2D eigenvalue weighted by Gasteiger charge is -2.00. The van der Waals surface area contributed by atoms with Crippen molar-refractivity contribution >= 4 is 16.8 Å². The fourth-order valence-corrected chi connectivity index (χ4v) is 1.79. The maximum Gasteiger partial charge on any atom is 0.274 e. The number of hydrogen-bond donors (Lipinski definition) is 2. The Morgan fingerprint density at radius 2 is 2.20 bits per heavy atom. The van der Waals surface area contributed by atoms with Crippen molar-refractivity contribution in [3.63, 3.8) is 0 Å². The van der Waals surface area contributed by atoms with Crippen LogP contribution in [-0.2, 0) is 7.05 Å². The number of nitrogens with one attached hydrogen (secondary N) is 1. The Balaban J connectivity index is 2.65. The second kappa shape index (κ2) is 3.40.